The van der Waals surface area contributed by atoms with E-state index in [-0.39, 0.29) is 23.9 Å². The highest BCUT2D eigenvalue weighted by Gasteiger charge is 2.20. The lowest BCUT2D eigenvalue weighted by Gasteiger charge is -2.35. The predicted octanol–water partition coefficient (Wildman–Crippen LogP) is 2.87. The summed E-state index contributed by atoms with van der Waals surface area (Å²) in [5, 5.41) is 13.7. The number of aryl methyl sites for hydroxylation is 1. The highest BCUT2D eigenvalue weighted by atomic mass is 16.6. The third-order valence-corrected chi connectivity index (χ3v) is 5.08. The molecule has 1 aliphatic rings. The first kappa shape index (κ1) is 20.5. The number of rotatable bonds is 6. The van der Waals surface area contributed by atoms with E-state index in [1.807, 2.05) is 24.3 Å². The molecule has 0 aliphatic carbocycles. The Labute approximate surface area is 169 Å². The van der Waals surface area contributed by atoms with Crippen LogP contribution in [-0.2, 0) is 4.79 Å². The van der Waals surface area contributed by atoms with E-state index in [1.54, 1.807) is 19.9 Å². The minimum Gasteiger partial charge on any atom is -0.369 e. The minimum atomic E-state index is -0.475. The first-order valence-corrected chi connectivity index (χ1v) is 9.46. The van der Waals surface area contributed by atoms with E-state index in [0.717, 1.165) is 37.4 Å². The van der Waals surface area contributed by atoms with Crippen molar-refractivity contribution in [2.24, 2.45) is 0 Å². The van der Waals surface area contributed by atoms with Crippen LogP contribution in [0.15, 0.2) is 42.5 Å². The highest BCUT2D eigenvalue weighted by Crippen LogP contribution is 2.22. The van der Waals surface area contributed by atoms with E-state index < -0.39 is 4.92 Å². The molecular weight excluding hydrogens is 372 g/mol. The van der Waals surface area contributed by atoms with Crippen molar-refractivity contribution < 1.29 is 14.5 Å². The molecule has 0 radical (unpaired) electrons. The molecule has 1 aliphatic heterocycles. The Morgan fingerprint density at radius 2 is 1.72 bits per heavy atom. The second-order valence-electron chi connectivity index (χ2n) is 7.17. The summed E-state index contributed by atoms with van der Waals surface area (Å²) in [6, 6.07) is 12.0. The molecule has 0 unspecified atom stereocenters. The van der Waals surface area contributed by atoms with Crippen LogP contribution in [0.25, 0.3) is 0 Å². The fraction of sp³-hybridized carbons (Fsp3) is 0.333. The van der Waals surface area contributed by atoms with Gasteiger partial charge in [0.1, 0.15) is 0 Å². The Morgan fingerprint density at radius 1 is 1.07 bits per heavy atom. The lowest BCUT2D eigenvalue weighted by atomic mass is 10.1. The Bertz CT molecular complexity index is 919. The average Bonchev–Trinajstić information content (AvgIpc) is 2.70. The SMILES string of the molecule is CC(=O)c1ccc(N2CCN(CC(=O)Nc3cc([N+](=O)[O-])ccc3C)CC2)cc1. The number of Topliss-reactive ketones (excluding diaryl/α,β-unsaturated/α-hetero) is 1. The van der Waals surface area contributed by atoms with Crippen LogP contribution in [0.5, 0.6) is 0 Å². The number of nitrogens with zero attached hydrogens (tertiary/aromatic N) is 3. The first-order chi connectivity index (χ1) is 13.8. The maximum absolute atomic E-state index is 12.4. The van der Waals surface area contributed by atoms with E-state index in [4.69, 9.17) is 0 Å². The molecule has 0 atom stereocenters. The zero-order valence-electron chi connectivity index (χ0n) is 16.6. The summed E-state index contributed by atoms with van der Waals surface area (Å²) in [7, 11) is 0. The molecule has 29 heavy (non-hydrogen) atoms. The molecule has 0 aromatic heterocycles. The van der Waals surface area contributed by atoms with Crippen molar-refractivity contribution in [3.8, 4) is 0 Å². The molecule has 1 amide bonds. The quantitative estimate of drug-likeness (QED) is 0.458. The molecular formula is C21H24N4O4. The van der Waals surface area contributed by atoms with Gasteiger partial charge in [-0.2, -0.15) is 0 Å². The summed E-state index contributed by atoms with van der Waals surface area (Å²) in [6.07, 6.45) is 0. The molecule has 152 valence electrons. The van der Waals surface area contributed by atoms with E-state index in [2.05, 4.69) is 15.1 Å². The third-order valence-electron chi connectivity index (χ3n) is 5.08. The number of nitro groups is 1. The van der Waals surface area contributed by atoms with Gasteiger partial charge in [0.15, 0.2) is 5.78 Å². The van der Waals surface area contributed by atoms with Crippen molar-refractivity contribution in [2.75, 3.05) is 42.9 Å². The summed E-state index contributed by atoms with van der Waals surface area (Å²) in [5.41, 5.74) is 2.96. The minimum absolute atomic E-state index is 0.0460. The zero-order valence-corrected chi connectivity index (χ0v) is 16.6. The monoisotopic (exact) mass is 396 g/mol. The zero-order chi connectivity index (χ0) is 21.0. The van der Waals surface area contributed by atoms with Crippen LogP contribution in [0.1, 0.15) is 22.8 Å². The number of piperazine rings is 1. The molecule has 1 heterocycles. The molecule has 1 saturated heterocycles. The Balaban J connectivity index is 1.53. The number of ketones is 1. The van der Waals surface area contributed by atoms with Gasteiger partial charge in [-0.25, -0.2) is 0 Å². The van der Waals surface area contributed by atoms with Crippen molar-refractivity contribution in [1.82, 2.24) is 4.90 Å². The van der Waals surface area contributed by atoms with Crippen molar-refractivity contribution >= 4 is 28.8 Å². The first-order valence-electron chi connectivity index (χ1n) is 9.46. The van der Waals surface area contributed by atoms with Gasteiger partial charge in [-0.15, -0.1) is 0 Å². The second-order valence-corrected chi connectivity index (χ2v) is 7.17. The van der Waals surface area contributed by atoms with Crippen LogP contribution in [0.4, 0.5) is 17.1 Å². The number of carbonyl (C=O) groups excluding carboxylic acids is 2. The predicted molar refractivity (Wildman–Crippen MR) is 112 cm³/mol. The van der Waals surface area contributed by atoms with Crippen molar-refractivity contribution in [2.45, 2.75) is 13.8 Å². The molecule has 3 rings (SSSR count). The average molecular weight is 396 g/mol. The van der Waals surface area contributed by atoms with Crippen LogP contribution < -0.4 is 10.2 Å². The van der Waals surface area contributed by atoms with E-state index in [0.29, 0.717) is 11.3 Å². The smallest absolute Gasteiger partial charge is 0.271 e. The fourth-order valence-corrected chi connectivity index (χ4v) is 3.32. The summed E-state index contributed by atoms with van der Waals surface area (Å²) in [5.74, 6) is -0.140. The number of nitro benzene ring substituents is 1. The molecule has 1 fully saturated rings. The Kier molecular flexibility index (Phi) is 6.23. The molecule has 1 N–H and O–H groups in total. The summed E-state index contributed by atoms with van der Waals surface area (Å²) in [6.45, 7) is 6.61. The topological polar surface area (TPSA) is 95.8 Å². The molecule has 0 bridgehead atoms. The normalized spacial score (nSPS) is 14.5. The van der Waals surface area contributed by atoms with Crippen molar-refractivity contribution in [3.05, 3.63) is 63.7 Å². The summed E-state index contributed by atoms with van der Waals surface area (Å²) >= 11 is 0. The molecule has 2 aromatic rings. The number of hydrogen-bond donors (Lipinski definition) is 1. The number of anilines is 2. The third kappa shape index (κ3) is 5.17. The van der Waals surface area contributed by atoms with Crippen molar-refractivity contribution in [1.29, 1.82) is 0 Å². The number of nitrogens with one attached hydrogen (secondary N) is 1. The molecule has 8 nitrogen and oxygen atoms in total. The van der Waals surface area contributed by atoms with E-state index in [9.17, 15) is 19.7 Å². The maximum Gasteiger partial charge on any atom is 0.271 e. The lowest BCUT2D eigenvalue weighted by Crippen LogP contribution is -2.48. The van der Waals surface area contributed by atoms with Gasteiger partial charge >= 0.3 is 0 Å². The van der Waals surface area contributed by atoms with Gasteiger partial charge in [0.25, 0.3) is 5.69 Å². The molecule has 2 aromatic carbocycles. The van der Waals surface area contributed by atoms with E-state index in [1.165, 1.54) is 12.1 Å². The van der Waals surface area contributed by atoms with Crippen molar-refractivity contribution in [3.63, 3.8) is 0 Å². The number of amides is 1. The number of hydrogen-bond acceptors (Lipinski definition) is 6. The Hall–Kier alpha value is -3.26. The highest BCUT2D eigenvalue weighted by molar-refractivity contribution is 5.94. The van der Waals surface area contributed by atoms with Gasteiger partial charge < -0.3 is 10.2 Å². The number of carbonyl (C=O) groups is 2. The summed E-state index contributed by atoms with van der Waals surface area (Å²) < 4.78 is 0. The number of non-ortho nitro benzene ring substituents is 1. The van der Waals surface area contributed by atoms with E-state index >= 15 is 0 Å². The van der Waals surface area contributed by atoms with Gasteiger partial charge in [-0.05, 0) is 43.7 Å². The van der Waals surface area contributed by atoms with Crippen LogP contribution in [-0.4, -0.2) is 54.2 Å². The van der Waals surface area contributed by atoms with Crippen LogP contribution >= 0.6 is 0 Å². The standard InChI is InChI=1S/C21H24N4O4/c1-15-3-6-19(25(28)29)13-20(15)22-21(27)14-23-9-11-24(12-10-23)18-7-4-17(5-8-18)16(2)26/h3-8,13H,9-12,14H2,1-2H3,(H,22,27). The Morgan fingerprint density at radius 3 is 2.31 bits per heavy atom. The van der Waals surface area contributed by atoms with Gasteiger partial charge in [0.05, 0.1) is 17.2 Å². The maximum atomic E-state index is 12.4. The lowest BCUT2D eigenvalue weighted by molar-refractivity contribution is -0.384. The molecule has 0 spiro atoms. The molecule has 0 saturated carbocycles. The number of benzene rings is 2. The van der Waals surface area contributed by atoms with Gasteiger partial charge in [0, 0.05) is 49.6 Å². The van der Waals surface area contributed by atoms with Gasteiger partial charge in [-0.1, -0.05) is 6.07 Å². The van der Waals surface area contributed by atoms with Crippen LogP contribution in [0, 0.1) is 17.0 Å². The summed E-state index contributed by atoms with van der Waals surface area (Å²) in [4.78, 5) is 38.5. The van der Waals surface area contributed by atoms with Gasteiger partial charge in [-0.3, -0.25) is 24.6 Å². The fourth-order valence-electron chi connectivity index (χ4n) is 3.32. The molecule has 8 heteroatoms. The van der Waals surface area contributed by atoms with Crippen LogP contribution in [0.2, 0.25) is 0 Å². The second kappa shape index (κ2) is 8.83. The van der Waals surface area contributed by atoms with Gasteiger partial charge in [0.2, 0.25) is 5.91 Å². The van der Waals surface area contributed by atoms with Crippen LogP contribution in [0.3, 0.4) is 0 Å². The largest absolute Gasteiger partial charge is 0.369 e.